The molecule has 1 aromatic rings. The fourth-order valence-electron chi connectivity index (χ4n) is 5.50. The maximum Gasteiger partial charge on any atom is 0.353 e. The average Bonchev–Trinajstić information content (AvgIpc) is 2.62. The number of benzene rings is 1. The zero-order chi connectivity index (χ0) is 20.3. The lowest BCUT2D eigenvalue weighted by Gasteiger charge is -2.34. The van der Waals surface area contributed by atoms with E-state index in [9.17, 15) is 8.78 Å². The summed E-state index contributed by atoms with van der Waals surface area (Å²) in [4.78, 5) is 0. The molecule has 0 atom stereocenters. The Balaban J connectivity index is 1.39. The zero-order valence-corrected chi connectivity index (χ0v) is 18.2. The fourth-order valence-corrected chi connectivity index (χ4v) is 5.50. The Morgan fingerprint density at radius 1 is 0.821 bits per heavy atom. The van der Waals surface area contributed by atoms with Crippen LogP contribution in [0.1, 0.15) is 87.0 Å². The largest absolute Gasteiger partial charge is 0.353 e. The highest BCUT2D eigenvalue weighted by molar-refractivity contribution is 5.37. The van der Waals surface area contributed by atoms with Gasteiger partial charge in [0.15, 0.2) is 0 Å². The van der Waals surface area contributed by atoms with Crippen LogP contribution in [0.25, 0.3) is 0 Å². The van der Waals surface area contributed by atoms with Crippen LogP contribution in [0.3, 0.4) is 0 Å². The van der Waals surface area contributed by atoms with Crippen molar-refractivity contribution in [3.8, 4) is 0 Å². The Kier molecular flexibility index (Phi) is 7.17. The van der Waals surface area contributed by atoms with Gasteiger partial charge in [0.05, 0.1) is 6.10 Å². The second kappa shape index (κ2) is 9.24. The Morgan fingerprint density at radius 3 is 1.79 bits per heavy atom. The van der Waals surface area contributed by atoms with Crippen molar-refractivity contribution in [1.29, 1.82) is 0 Å². The Hall–Kier alpha value is -0.960. The summed E-state index contributed by atoms with van der Waals surface area (Å²) in [5, 5.41) is 0. The van der Waals surface area contributed by atoms with Gasteiger partial charge < -0.3 is 4.74 Å². The van der Waals surface area contributed by atoms with E-state index >= 15 is 0 Å². The SMILES string of the molecule is Cc1cc(CC2CCC(CC3CCC(OC(C)(F)F)CC3)CC2)cc(C)c1C. The van der Waals surface area contributed by atoms with E-state index in [2.05, 4.69) is 32.9 Å². The summed E-state index contributed by atoms with van der Waals surface area (Å²) in [5.41, 5.74) is 5.78. The topological polar surface area (TPSA) is 9.23 Å². The number of hydrogen-bond donors (Lipinski definition) is 0. The summed E-state index contributed by atoms with van der Waals surface area (Å²) >= 11 is 0. The minimum atomic E-state index is -2.98. The quantitative estimate of drug-likeness (QED) is 0.486. The minimum Gasteiger partial charge on any atom is -0.317 e. The molecule has 0 heterocycles. The van der Waals surface area contributed by atoms with E-state index in [0.717, 1.165) is 44.4 Å². The molecule has 0 aromatic heterocycles. The highest BCUT2D eigenvalue weighted by atomic mass is 19.3. The smallest absolute Gasteiger partial charge is 0.317 e. The van der Waals surface area contributed by atoms with Gasteiger partial charge in [0, 0.05) is 6.92 Å². The van der Waals surface area contributed by atoms with Crippen LogP contribution < -0.4 is 0 Å². The van der Waals surface area contributed by atoms with Crippen molar-refractivity contribution < 1.29 is 13.5 Å². The van der Waals surface area contributed by atoms with Crippen LogP contribution in [0, 0.1) is 38.5 Å². The average molecular weight is 393 g/mol. The molecule has 28 heavy (non-hydrogen) atoms. The summed E-state index contributed by atoms with van der Waals surface area (Å²) in [7, 11) is 0. The second-order valence-corrected chi connectivity index (χ2v) is 9.75. The lowest BCUT2D eigenvalue weighted by Crippen LogP contribution is -2.29. The summed E-state index contributed by atoms with van der Waals surface area (Å²) in [5.74, 6) is 2.38. The van der Waals surface area contributed by atoms with E-state index in [-0.39, 0.29) is 6.10 Å². The molecule has 0 aliphatic heterocycles. The molecule has 2 aliphatic carbocycles. The maximum absolute atomic E-state index is 13.0. The third-order valence-electron chi connectivity index (χ3n) is 7.31. The molecule has 2 fully saturated rings. The van der Waals surface area contributed by atoms with Gasteiger partial charge in [0.2, 0.25) is 0 Å². The van der Waals surface area contributed by atoms with Crippen LogP contribution in [0.2, 0.25) is 0 Å². The van der Waals surface area contributed by atoms with E-state index < -0.39 is 6.11 Å². The highest BCUT2D eigenvalue weighted by Crippen LogP contribution is 2.39. The van der Waals surface area contributed by atoms with Gasteiger partial charge in [-0.2, -0.15) is 8.78 Å². The van der Waals surface area contributed by atoms with Crippen molar-refractivity contribution in [3.05, 3.63) is 34.4 Å². The molecule has 2 saturated carbocycles. The number of alkyl halides is 2. The molecule has 0 saturated heterocycles. The Bertz CT molecular complexity index is 609. The number of halogens is 2. The normalized spacial score (nSPS) is 29.1. The van der Waals surface area contributed by atoms with Crippen LogP contribution in [0.15, 0.2) is 12.1 Å². The Morgan fingerprint density at radius 2 is 1.29 bits per heavy atom. The molecule has 2 aliphatic rings. The molecule has 0 amide bonds. The zero-order valence-electron chi connectivity index (χ0n) is 18.2. The molecule has 0 radical (unpaired) electrons. The van der Waals surface area contributed by atoms with Crippen LogP contribution >= 0.6 is 0 Å². The molecular formula is C25H38F2O. The highest BCUT2D eigenvalue weighted by Gasteiger charge is 2.32. The monoisotopic (exact) mass is 392 g/mol. The third kappa shape index (κ3) is 6.27. The first-order valence-electron chi connectivity index (χ1n) is 11.3. The summed E-state index contributed by atoms with van der Waals surface area (Å²) < 4.78 is 30.9. The molecule has 1 nitrogen and oxygen atoms in total. The van der Waals surface area contributed by atoms with E-state index in [4.69, 9.17) is 4.74 Å². The first-order valence-corrected chi connectivity index (χ1v) is 11.3. The molecular weight excluding hydrogens is 354 g/mol. The summed E-state index contributed by atoms with van der Waals surface area (Å²) in [6, 6.07) is 4.77. The van der Waals surface area contributed by atoms with Crippen molar-refractivity contribution in [3.63, 3.8) is 0 Å². The van der Waals surface area contributed by atoms with E-state index in [1.54, 1.807) is 0 Å². The number of aryl methyl sites for hydroxylation is 2. The van der Waals surface area contributed by atoms with Crippen molar-refractivity contribution in [2.75, 3.05) is 0 Å². The predicted molar refractivity (Wildman–Crippen MR) is 112 cm³/mol. The summed E-state index contributed by atoms with van der Waals surface area (Å²) in [6.07, 6.45) is 8.39. The van der Waals surface area contributed by atoms with Crippen molar-refractivity contribution in [2.24, 2.45) is 17.8 Å². The van der Waals surface area contributed by atoms with Crippen LogP contribution in [-0.2, 0) is 11.2 Å². The van der Waals surface area contributed by atoms with Crippen LogP contribution in [-0.4, -0.2) is 12.2 Å². The maximum atomic E-state index is 13.0. The molecule has 0 unspecified atom stereocenters. The van der Waals surface area contributed by atoms with E-state index in [0.29, 0.717) is 5.92 Å². The Labute approximate surface area is 170 Å². The minimum absolute atomic E-state index is 0.242. The first-order chi connectivity index (χ1) is 13.2. The second-order valence-electron chi connectivity index (χ2n) is 9.75. The van der Waals surface area contributed by atoms with Gasteiger partial charge in [0.1, 0.15) is 0 Å². The molecule has 0 spiro atoms. The first kappa shape index (κ1) is 21.7. The molecule has 1 aromatic carbocycles. The van der Waals surface area contributed by atoms with E-state index in [1.165, 1.54) is 60.8 Å². The van der Waals surface area contributed by atoms with E-state index in [1.807, 2.05) is 0 Å². The van der Waals surface area contributed by atoms with Crippen molar-refractivity contribution >= 4 is 0 Å². The van der Waals surface area contributed by atoms with Crippen molar-refractivity contribution in [2.45, 2.75) is 104 Å². The van der Waals surface area contributed by atoms with Crippen LogP contribution in [0.5, 0.6) is 0 Å². The van der Waals surface area contributed by atoms with Gasteiger partial charge in [0.25, 0.3) is 0 Å². The summed E-state index contributed by atoms with van der Waals surface area (Å²) in [6.45, 7) is 7.53. The predicted octanol–water partition coefficient (Wildman–Crippen LogP) is 7.54. The van der Waals surface area contributed by atoms with Gasteiger partial charge in [-0.05, 0) is 112 Å². The number of ether oxygens (including phenoxy) is 1. The number of rotatable bonds is 6. The molecule has 0 bridgehead atoms. The van der Waals surface area contributed by atoms with Gasteiger partial charge in [-0.3, -0.25) is 0 Å². The molecule has 3 heteroatoms. The van der Waals surface area contributed by atoms with Gasteiger partial charge in [-0.15, -0.1) is 0 Å². The molecule has 158 valence electrons. The van der Waals surface area contributed by atoms with Gasteiger partial charge in [-0.1, -0.05) is 25.0 Å². The van der Waals surface area contributed by atoms with Gasteiger partial charge >= 0.3 is 6.11 Å². The third-order valence-corrected chi connectivity index (χ3v) is 7.31. The standard InChI is InChI=1S/C25H38F2O/c1-17-13-23(14-18(2)19(17)3)16-21-7-5-20(6-8-21)15-22-9-11-24(12-10-22)28-25(4,26)27/h13-14,20-22,24H,5-12,15-16H2,1-4H3. The lowest BCUT2D eigenvalue weighted by molar-refractivity contribution is -0.255. The lowest BCUT2D eigenvalue weighted by atomic mass is 9.73. The van der Waals surface area contributed by atoms with Gasteiger partial charge in [-0.25, -0.2) is 0 Å². The van der Waals surface area contributed by atoms with Crippen LogP contribution in [0.4, 0.5) is 8.78 Å². The van der Waals surface area contributed by atoms with Crippen molar-refractivity contribution in [1.82, 2.24) is 0 Å². The molecule has 3 rings (SSSR count). The molecule has 0 N–H and O–H groups in total. The fraction of sp³-hybridized carbons (Fsp3) is 0.760. The number of hydrogen-bond acceptors (Lipinski definition) is 1.